The number of halogens is 1. The molecule has 19 heavy (non-hydrogen) atoms. The Morgan fingerprint density at radius 1 is 1.42 bits per heavy atom. The summed E-state index contributed by atoms with van der Waals surface area (Å²) in [6.45, 7) is 2.81. The molecule has 0 atom stereocenters. The van der Waals surface area contributed by atoms with Crippen molar-refractivity contribution < 1.29 is 14.3 Å². The van der Waals surface area contributed by atoms with Crippen molar-refractivity contribution in [2.24, 2.45) is 0 Å². The minimum atomic E-state index is -0.699. The minimum Gasteiger partial charge on any atom is -0.508 e. The summed E-state index contributed by atoms with van der Waals surface area (Å²) >= 11 is 1.56. The van der Waals surface area contributed by atoms with Crippen molar-refractivity contribution >= 4 is 17.2 Å². The van der Waals surface area contributed by atoms with Gasteiger partial charge in [-0.1, -0.05) is 6.07 Å². The predicted octanol–water partition coefficient (Wildman–Crippen LogP) is 3.26. The van der Waals surface area contributed by atoms with Gasteiger partial charge in [0, 0.05) is 17.5 Å². The van der Waals surface area contributed by atoms with Gasteiger partial charge in [0.15, 0.2) is 0 Å². The van der Waals surface area contributed by atoms with Crippen LogP contribution in [0.2, 0.25) is 0 Å². The molecule has 2 rings (SSSR count). The number of phenols is 1. The molecule has 1 amide bonds. The molecular weight excluding hydrogens is 265 g/mol. The number of amides is 1. The first kappa shape index (κ1) is 13.5. The minimum absolute atomic E-state index is 0.0174. The van der Waals surface area contributed by atoms with Crippen LogP contribution in [0.5, 0.6) is 5.75 Å². The molecule has 0 aliphatic rings. The maximum absolute atomic E-state index is 13.7. The van der Waals surface area contributed by atoms with Crippen molar-refractivity contribution in [1.82, 2.24) is 4.90 Å². The molecule has 0 aliphatic carbocycles. The number of hydrogen-bond donors (Lipinski definition) is 1. The Morgan fingerprint density at radius 2 is 2.21 bits per heavy atom. The number of aromatic hydroxyl groups is 1. The molecule has 3 nitrogen and oxygen atoms in total. The fraction of sp³-hybridized carbons (Fsp3) is 0.214. The maximum atomic E-state index is 13.7. The van der Waals surface area contributed by atoms with Gasteiger partial charge in [0.2, 0.25) is 0 Å². The Balaban J connectivity index is 2.20. The van der Waals surface area contributed by atoms with E-state index in [9.17, 15) is 9.18 Å². The van der Waals surface area contributed by atoms with Gasteiger partial charge in [0.05, 0.1) is 12.1 Å². The van der Waals surface area contributed by atoms with Crippen LogP contribution in [0.15, 0.2) is 35.7 Å². The van der Waals surface area contributed by atoms with E-state index < -0.39 is 5.82 Å². The van der Waals surface area contributed by atoms with Crippen LogP contribution in [0.3, 0.4) is 0 Å². The van der Waals surface area contributed by atoms with Gasteiger partial charge in [0.1, 0.15) is 11.6 Å². The molecule has 0 bridgehead atoms. The van der Waals surface area contributed by atoms with E-state index in [-0.39, 0.29) is 17.2 Å². The van der Waals surface area contributed by atoms with E-state index in [0.717, 1.165) is 10.9 Å². The van der Waals surface area contributed by atoms with Crippen LogP contribution in [0.25, 0.3) is 0 Å². The van der Waals surface area contributed by atoms with Crippen molar-refractivity contribution in [3.63, 3.8) is 0 Å². The second-order valence-electron chi connectivity index (χ2n) is 4.06. The number of phenolic OH excluding ortho intramolecular Hbond substituents is 1. The quantitative estimate of drug-likeness (QED) is 0.933. The van der Waals surface area contributed by atoms with Gasteiger partial charge in [-0.15, -0.1) is 11.3 Å². The van der Waals surface area contributed by atoms with Crippen LogP contribution in [0.1, 0.15) is 22.2 Å². The van der Waals surface area contributed by atoms with E-state index in [0.29, 0.717) is 13.1 Å². The molecular formula is C14H14FNO2S. The number of nitrogens with zero attached hydrogens (tertiary/aromatic N) is 1. The number of hydrogen-bond acceptors (Lipinski definition) is 3. The zero-order chi connectivity index (χ0) is 13.8. The van der Waals surface area contributed by atoms with Crippen LogP contribution in [0.4, 0.5) is 4.39 Å². The Labute approximate surface area is 114 Å². The molecule has 1 heterocycles. The van der Waals surface area contributed by atoms with E-state index >= 15 is 0 Å². The largest absolute Gasteiger partial charge is 0.508 e. The highest BCUT2D eigenvalue weighted by atomic mass is 32.1. The highest BCUT2D eigenvalue weighted by molar-refractivity contribution is 7.09. The van der Waals surface area contributed by atoms with Gasteiger partial charge in [-0.25, -0.2) is 4.39 Å². The second-order valence-corrected chi connectivity index (χ2v) is 5.10. The zero-order valence-corrected chi connectivity index (χ0v) is 11.3. The Hall–Kier alpha value is -1.88. The predicted molar refractivity (Wildman–Crippen MR) is 72.8 cm³/mol. The summed E-state index contributed by atoms with van der Waals surface area (Å²) in [4.78, 5) is 14.9. The van der Waals surface area contributed by atoms with Crippen molar-refractivity contribution in [3.05, 3.63) is 52.0 Å². The third kappa shape index (κ3) is 3.12. The first-order valence-corrected chi connectivity index (χ1v) is 6.80. The molecule has 1 aromatic carbocycles. The first-order valence-electron chi connectivity index (χ1n) is 5.92. The Kier molecular flexibility index (Phi) is 4.16. The second kappa shape index (κ2) is 5.84. The molecule has 0 fully saturated rings. The Bertz CT molecular complexity index is 569. The molecule has 0 saturated carbocycles. The summed E-state index contributed by atoms with van der Waals surface area (Å²) in [6.07, 6.45) is 0. The first-order chi connectivity index (χ1) is 9.11. The maximum Gasteiger partial charge on any atom is 0.257 e. The van der Waals surface area contributed by atoms with Crippen LogP contribution in [-0.2, 0) is 6.54 Å². The summed E-state index contributed by atoms with van der Waals surface area (Å²) < 4.78 is 13.7. The van der Waals surface area contributed by atoms with Gasteiger partial charge in [0.25, 0.3) is 5.91 Å². The smallest absolute Gasteiger partial charge is 0.257 e. The standard InChI is InChI=1S/C14H14FNO2S/c1-2-16(9-11-4-3-7-19-11)14(18)12-6-5-10(17)8-13(12)15/h3-8,17H,2,9H2,1H3. The number of benzene rings is 1. The third-order valence-corrected chi connectivity index (χ3v) is 3.64. The lowest BCUT2D eigenvalue weighted by molar-refractivity contribution is 0.0749. The van der Waals surface area contributed by atoms with Gasteiger partial charge in [-0.2, -0.15) is 0 Å². The molecule has 5 heteroatoms. The van der Waals surface area contributed by atoms with Crippen LogP contribution < -0.4 is 0 Å². The third-order valence-electron chi connectivity index (χ3n) is 2.78. The van der Waals surface area contributed by atoms with Crippen molar-refractivity contribution in [1.29, 1.82) is 0 Å². The van der Waals surface area contributed by atoms with Crippen LogP contribution >= 0.6 is 11.3 Å². The lowest BCUT2D eigenvalue weighted by Gasteiger charge is -2.20. The number of thiophene rings is 1. The van der Waals surface area contributed by atoms with E-state index in [4.69, 9.17) is 5.11 Å². The normalized spacial score (nSPS) is 10.4. The molecule has 0 radical (unpaired) electrons. The molecule has 1 N–H and O–H groups in total. The average Bonchev–Trinajstić information content (AvgIpc) is 2.88. The molecule has 2 aromatic rings. The summed E-state index contributed by atoms with van der Waals surface area (Å²) in [5.41, 5.74) is -0.0174. The average molecular weight is 279 g/mol. The summed E-state index contributed by atoms with van der Waals surface area (Å²) in [5, 5.41) is 11.1. The monoisotopic (exact) mass is 279 g/mol. The molecule has 100 valence electrons. The lowest BCUT2D eigenvalue weighted by atomic mass is 10.1. The molecule has 0 spiro atoms. The highest BCUT2D eigenvalue weighted by Gasteiger charge is 2.18. The van der Waals surface area contributed by atoms with E-state index in [1.807, 2.05) is 24.4 Å². The van der Waals surface area contributed by atoms with Crippen molar-refractivity contribution in [3.8, 4) is 5.75 Å². The summed E-state index contributed by atoms with van der Waals surface area (Å²) in [7, 11) is 0. The summed E-state index contributed by atoms with van der Waals surface area (Å²) in [5.74, 6) is -1.25. The van der Waals surface area contributed by atoms with E-state index in [1.165, 1.54) is 12.1 Å². The fourth-order valence-corrected chi connectivity index (χ4v) is 2.49. The topological polar surface area (TPSA) is 40.5 Å². The lowest BCUT2D eigenvalue weighted by Crippen LogP contribution is -2.30. The van der Waals surface area contributed by atoms with Gasteiger partial charge in [-0.05, 0) is 30.5 Å². The molecule has 0 saturated heterocycles. The number of carbonyl (C=O) groups excluding carboxylic acids is 1. The molecule has 0 unspecified atom stereocenters. The van der Waals surface area contributed by atoms with Crippen LogP contribution in [0, 0.1) is 5.82 Å². The Morgan fingerprint density at radius 3 is 2.79 bits per heavy atom. The summed E-state index contributed by atoms with van der Waals surface area (Å²) in [6, 6.07) is 7.43. The van der Waals surface area contributed by atoms with Crippen LogP contribution in [-0.4, -0.2) is 22.5 Å². The fourth-order valence-electron chi connectivity index (χ4n) is 1.77. The SMILES string of the molecule is CCN(Cc1cccs1)C(=O)c1ccc(O)cc1F. The van der Waals surface area contributed by atoms with Crippen molar-refractivity contribution in [2.75, 3.05) is 6.54 Å². The van der Waals surface area contributed by atoms with E-state index in [2.05, 4.69) is 0 Å². The van der Waals surface area contributed by atoms with E-state index in [1.54, 1.807) is 16.2 Å². The molecule has 0 aliphatic heterocycles. The number of carbonyl (C=O) groups is 1. The molecule has 1 aromatic heterocycles. The van der Waals surface area contributed by atoms with Gasteiger partial charge in [-0.3, -0.25) is 4.79 Å². The van der Waals surface area contributed by atoms with Crippen molar-refractivity contribution in [2.45, 2.75) is 13.5 Å². The highest BCUT2D eigenvalue weighted by Crippen LogP contribution is 2.19. The van der Waals surface area contributed by atoms with Gasteiger partial charge < -0.3 is 10.0 Å². The number of rotatable bonds is 4. The van der Waals surface area contributed by atoms with Gasteiger partial charge >= 0.3 is 0 Å². The zero-order valence-electron chi connectivity index (χ0n) is 10.5.